The van der Waals surface area contributed by atoms with Gasteiger partial charge in [-0.25, -0.2) is 4.39 Å². The first-order chi connectivity index (χ1) is 9.00. The summed E-state index contributed by atoms with van der Waals surface area (Å²) in [5.41, 5.74) is 3.57. The molecule has 1 atom stereocenters. The Kier molecular flexibility index (Phi) is 4.00. The lowest BCUT2D eigenvalue weighted by Crippen LogP contribution is -2.03. The molecule has 102 valence electrons. The van der Waals surface area contributed by atoms with Crippen LogP contribution >= 0.6 is 0 Å². The molecule has 1 unspecified atom stereocenters. The Morgan fingerprint density at radius 1 is 1.32 bits per heavy atom. The quantitative estimate of drug-likeness (QED) is 0.920. The summed E-state index contributed by atoms with van der Waals surface area (Å²) >= 11 is 0. The van der Waals surface area contributed by atoms with Gasteiger partial charge in [0, 0.05) is 18.3 Å². The van der Waals surface area contributed by atoms with E-state index in [1.165, 1.54) is 6.07 Å². The normalized spacial score (nSPS) is 12.7. The van der Waals surface area contributed by atoms with E-state index in [9.17, 15) is 9.50 Å². The fraction of sp³-hybridized carbons (Fsp3) is 0.400. The topological polar surface area (TPSA) is 38.0 Å². The highest BCUT2D eigenvalue weighted by atomic mass is 19.1. The number of halogens is 1. The maximum absolute atomic E-state index is 13.6. The van der Waals surface area contributed by atoms with E-state index < -0.39 is 6.10 Å². The molecule has 0 spiro atoms. The molecular weight excluding hydrogens is 243 g/mol. The van der Waals surface area contributed by atoms with Gasteiger partial charge in [0.25, 0.3) is 0 Å². The molecule has 0 saturated carbocycles. The number of hydrogen-bond donors (Lipinski definition) is 1. The lowest BCUT2D eigenvalue weighted by Gasteiger charge is -2.12. The van der Waals surface area contributed by atoms with Crippen LogP contribution in [0.1, 0.15) is 35.0 Å². The Labute approximate surface area is 112 Å². The maximum atomic E-state index is 13.6. The van der Waals surface area contributed by atoms with Crippen LogP contribution in [0.25, 0.3) is 0 Å². The van der Waals surface area contributed by atoms with Crippen molar-refractivity contribution < 1.29 is 9.50 Å². The number of nitrogens with zero attached hydrogens (tertiary/aromatic N) is 2. The van der Waals surface area contributed by atoms with Crippen LogP contribution in [0.15, 0.2) is 24.3 Å². The largest absolute Gasteiger partial charge is 0.388 e. The first-order valence-corrected chi connectivity index (χ1v) is 6.42. The zero-order chi connectivity index (χ0) is 14.0. The average Bonchev–Trinajstić information content (AvgIpc) is 2.61. The van der Waals surface area contributed by atoms with Gasteiger partial charge in [-0.2, -0.15) is 5.10 Å². The summed E-state index contributed by atoms with van der Waals surface area (Å²) in [5.74, 6) is -0.352. The van der Waals surface area contributed by atoms with Gasteiger partial charge in [0.2, 0.25) is 0 Å². The second kappa shape index (κ2) is 5.53. The number of aryl methyl sites for hydroxylation is 2. The summed E-state index contributed by atoms with van der Waals surface area (Å²) in [6, 6.07) is 6.37. The third-order valence-corrected chi connectivity index (χ3v) is 3.59. The molecule has 1 N–H and O–H groups in total. The Hall–Kier alpha value is -1.68. The van der Waals surface area contributed by atoms with Gasteiger partial charge >= 0.3 is 0 Å². The Balaban J connectivity index is 2.09. The van der Waals surface area contributed by atoms with Gasteiger partial charge in [0.1, 0.15) is 5.82 Å². The summed E-state index contributed by atoms with van der Waals surface area (Å²) < 4.78 is 15.4. The van der Waals surface area contributed by atoms with E-state index in [0.29, 0.717) is 18.4 Å². The van der Waals surface area contributed by atoms with E-state index >= 15 is 0 Å². The fourth-order valence-corrected chi connectivity index (χ4v) is 2.36. The number of aromatic nitrogens is 2. The molecule has 0 bridgehead atoms. The van der Waals surface area contributed by atoms with E-state index in [1.807, 2.05) is 25.6 Å². The van der Waals surface area contributed by atoms with Gasteiger partial charge in [-0.05, 0) is 38.3 Å². The van der Waals surface area contributed by atoms with Gasteiger partial charge in [-0.15, -0.1) is 0 Å². The van der Waals surface area contributed by atoms with Crippen LogP contribution < -0.4 is 0 Å². The van der Waals surface area contributed by atoms with Crippen molar-refractivity contribution in [2.45, 2.75) is 32.8 Å². The molecule has 0 saturated heterocycles. The Bertz CT molecular complexity index is 578. The standard InChI is InChI=1S/C15H19FN2O/c1-10-12(11(2)18(3)17-10)8-9-15(19)13-6-4-5-7-14(13)16/h4-7,15,19H,8-9H2,1-3H3. The minimum Gasteiger partial charge on any atom is -0.388 e. The molecule has 2 aromatic rings. The smallest absolute Gasteiger partial charge is 0.128 e. The summed E-state index contributed by atoms with van der Waals surface area (Å²) in [5, 5.41) is 14.4. The molecule has 4 heteroatoms. The van der Waals surface area contributed by atoms with E-state index in [4.69, 9.17) is 0 Å². The second-order valence-corrected chi connectivity index (χ2v) is 4.85. The van der Waals surface area contributed by atoms with Crippen LogP contribution in [0.4, 0.5) is 4.39 Å². The average molecular weight is 262 g/mol. The molecule has 0 aliphatic heterocycles. The van der Waals surface area contributed by atoms with Crippen molar-refractivity contribution in [2.24, 2.45) is 7.05 Å². The summed E-state index contributed by atoms with van der Waals surface area (Å²) in [4.78, 5) is 0. The highest BCUT2D eigenvalue weighted by molar-refractivity contribution is 5.25. The molecular formula is C15H19FN2O. The van der Waals surface area contributed by atoms with Crippen molar-refractivity contribution in [1.29, 1.82) is 0 Å². The molecule has 2 rings (SSSR count). The SMILES string of the molecule is Cc1nn(C)c(C)c1CCC(O)c1ccccc1F. The summed E-state index contributed by atoms with van der Waals surface area (Å²) in [6.45, 7) is 3.96. The molecule has 1 aromatic heterocycles. The Morgan fingerprint density at radius 3 is 2.58 bits per heavy atom. The van der Waals surface area contributed by atoms with Crippen molar-refractivity contribution in [3.05, 3.63) is 52.6 Å². The molecule has 1 aromatic carbocycles. The highest BCUT2D eigenvalue weighted by Gasteiger charge is 2.15. The van der Waals surface area contributed by atoms with Gasteiger partial charge in [-0.3, -0.25) is 4.68 Å². The number of aliphatic hydroxyl groups is 1. The molecule has 19 heavy (non-hydrogen) atoms. The number of hydrogen-bond acceptors (Lipinski definition) is 2. The zero-order valence-corrected chi connectivity index (χ0v) is 11.5. The first-order valence-electron chi connectivity index (χ1n) is 6.42. The molecule has 0 amide bonds. The van der Waals surface area contributed by atoms with E-state index in [2.05, 4.69) is 5.10 Å². The maximum Gasteiger partial charge on any atom is 0.128 e. The number of rotatable bonds is 4. The van der Waals surface area contributed by atoms with Crippen molar-refractivity contribution >= 4 is 0 Å². The minimum absolute atomic E-state index is 0.352. The van der Waals surface area contributed by atoms with Crippen molar-refractivity contribution in [1.82, 2.24) is 9.78 Å². The van der Waals surface area contributed by atoms with Crippen LogP contribution in [-0.4, -0.2) is 14.9 Å². The van der Waals surface area contributed by atoms with Gasteiger partial charge in [0.05, 0.1) is 11.8 Å². The predicted octanol–water partition coefficient (Wildman–Crippen LogP) is 2.84. The molecule has 0 aliphatic carbocycles. The van der Waals surface area contributed by atoms with E-state index in [-0.39, 0.29) is 5.82 Å². The Morgan fingerprint density at radius 2 is 2.00 bits per heavy atom. The van der Waals surface area contributed by atoms with Crippen LogP contribution in [0, 0.1) is 19.7 Å². The van der Waals surface area contributed by atoms with Crippen LogP contribution in [0.3, 0.4) is 0 Å². The second-order valence-electron chi connectivity index (χ2n) is 4.85. The predicted molar refractivity (Wildman–Crippen MR) is 72.4 cm³/mol. The minimum atomic E-state index is -0.778. The number of aliphatic hydroxyl groups excluding tert-OH is 1. The fourth-order valence-electron chi connectivity index (χ4n) is 2.36. The monoisotopic (exact) mass is 262 g/mol. The molecule has 0 aliphatic rings. The van der Waals surface area contributed by atoms with E-state index in [1.54, 1.807) is 18.2 Å². The van der Waals surface area contributed by atoms with Crippen LogP contribution in [0.5, 0.6) is 0 Å². The third kappa shape index (κ3) is 2.84. The third-order valence-electron chi connectivity index (χ3n) is 3.59. The molecule has 1 heterocycles. The lowest BCUT2D eigenvalue weighted by atomic mass is 10.00. The van der Waals surface area contributed by atoms with Gasteiger partial charge in [-0.1, -0.05) is 18.2 Å². The zero-order valence-electron chi connectivity index (χ0n) is 11.5. The highest BCUT2D eigenvalue weighted by Crippen LogP contribution is 2.23. The van der Waals surface area contributed by atoms with Crippen molar-refractivity contribution in [3.63, 3.8) is 0 Å². The molecule has 0 fully saturated rings. The summed E-state index contributed by atoms with van der Waals surface area (Å²) in [7, 11) is 1.90. The first kappa shape index (κ1) is 13.7. The van der Waals surface area contributed by atoms with Gasteiger partial charge < -0.3 is 5.11 Å². The van der Waals surface area contributed by atoms with E-state index in [0.717, 1.165) is 17.0 Å². The van der Waals surface area contributed by atoms with Crippen LogP contribution in [0.2, 0.25) is 0 Å². The van der Waals surface area contributed by atoms with Crippen molar-refractivity contribution in [3.8, 4) is 0 Å². The van der Waals surface area contributed by atoms with Crippen LogP contribution in [-0.2, 0) is 13.5 Å². The molecule has 3 nitrogen and oxygen atoms in total. The summed E-state index contributed by atoms with van der Waals surface area (Å²) in [6.07, 6.45) is 0.412. The number of benzene rings is 1. The lowest BCUT2D eigenvalue weighted by molar-refractivity contribution is 0.163. The van der Waals surface area contributed by atoms with Crippen molar-refractivity contribution in [2.75, 3.05) is 0 Å². The van der Waals surface area contributed by atoms with Gasteiger partial charge in [0.15, 0.2) is 0 Å². The molecule has 0 radical (unpaired) electrons.